The minimum atomic E-state index is -0.366. The lowest BCUT2D eigenvalue weighted by atomic mass is 9.75. The summed E-state index contributed by atoms with van der Waals surface area (Å²) in [5, 5.41) is 0. The van der Waals surface area contributed by atoms with Crippen LogP contribution in [-0.2, 0) is 11.3 Å². The highest BCUT2D eigenvalue weighted by molar-refractivity contribution is 5.86. The number of carbonyl (C=O) groups excluding carboxylic acids is 1. The SMILES string of the molecule is CC1CCC(C(C)C)C(OC(=O)c2ccc(CN)o2)C1. The van der Waals surface area contributed by atoms with Crippen molar-refractivity contribution in [2.75, 3.05) is 0 Å². The first-order chi connectivity index (χ1) is 9.51. The molecule has 1 aromatic heterocycles. The van der Waals surface area contributed by atoms with Crippen LogP contribution in [0.3, 0.4) is 0 Å². The van der Waals surface area contributed by atoms with Crippen molar-refractivity contribution in [3.63, 3.8) is 0 Å². The molecule has 1 aromatic rings. The van der Waals surface area contributed by atoms with Crippen LogP contribution in [0.1, 0.15) is 56.3 Å². The molecule has 1 heterocycles. The predicted octanol–water partition coefficient (Wildman–Crippen LogP) is 3.36. The van der Waals surface area contributed by atoms with Gasteiger partial charge in [0.1, 0.15) is 11.9 Å². The van der Waals surface area contributed by atoms with Gasteiger partial charge in [0.2, 0.25) is 5.76 Å². The van der Waals surface area contributed by atoms with Gasteiger partial charge in [0.15, 0.2) is 0 Å². The fourth-order valence-electron chi connectivity index (χ4n) is 3.04. The summed E-state index contributed by atoms with van der Waals surface area (Å²) < 4.78 is 11.1. The van der Waals surface area contributed by atoms with Crippen LogP contribution in [-0.4, -0.2) is 12.1 Å². The lowest BCUT2D eigenvalue weighted by Crippen LogP contribution is -2.35. The lowest BCUT2D eigenvalue weighted by molar-refractivity contribution is -0.0199. The van der Waals surface area contributed by atoms with E-state index in [9.17, 15) is 4.79 Å². The van der Waals surface area contributed by atoms with Crippen molar-refractivity contribution in [2.45, 2.75) is 52.7 Å². The highest BCUT2D eigenvalue weighted by atomic mass is 16.6. The van der Waals surface area contributed by atoms with E-state index in [2.05, 4.69) is 20.8 Å². The second kappa shape index (κ2) is 6.44. The third-order valence-electron chi connectivity index (χ3n) is 4.28. The smallest absolute Gasteiger partial charge is 0.374 e. The standard InChI is InChI=1S/C16H25NO3/c1-10(2)13-6-4-11(3)8-15(13)20-16(18)14-7-5-12(9-17)19-14/h5,7,10-11,13,15H,4,6,8-9,17H2,1-3H3. The number of hydrogen-bond acceptors (Lipinski definition) is 4. The normalized spacial score (nSPS) is 26.8. The molecular weight excluding hydrogens is 254 g/mol. The lowest BCUT2D eigenvalue weighted by Gasteiger charge is -2.36. The third kappa shape index (κ3) is 3.42. The molecule has 3 unspecified atom stereocenters. The van der Waals surface area contributed by atoms with Gasteiger partial charge in [-0.15, -0.1) is 0 Å². The Morgan fingerprint density at radius 3 is 2.80 bits per heavy atom. The second-order valence-corrected chi connectivity index (χ2v) is 6.24. The van der Waals surface area contributed by atoms with Gasteiger partial charge in [-0.05, 0) is 42.7 Å². The van der Waals surface area contributed by atoms with Crippen molar-refractivity contribution >= 4 is 5.97 Å². The van der Waals surface area contributed by atoms with Crippen LogP contribution in [0.15, 0.2) is 16.5 Å². The average molecular weight is 279 g/mol. The molecule has 1 aliphatic rings. The van der Waals surface area contributed by atoms with Crippen molar-refractivity contribution in [1.82, 2.24) is 0 Å². The van der Waals surface area contributed by atoms with Crippen LogP contribution < -0.4 is 5.73 Å². The van der Waals surface area contributed by atoms with Crippen molar-refractivity contribution in [3.8, 4) is 0 Å². The molecule has 1 saturated carbocycles. The average Bonchev–Trinajstić information content (AvgIpc) is 2.87. The minimum Gasteiger partial charge on any atom is -0.456 e. The number of carbonyl (C=O) groups is 1. The maximum Gasteiger partial charge on any atom is 0.374 e. The minimum absolute atomic E-state index is 0.00215. The molecule has 112 valence electrons. The zero-order valence-corrected chi connectivity index (χ0v) is 12.6. The van der Waals surface area contributed by atoms with E-state index >= 15 is 0 Å². The molecule has 20 heavy (non-hydrogen) atoms. The van der Waals surface area contributed by atoms with Gasteiger partial charge in [-0.3, -0.25) is 0 Å². The molecule has 0 aliphatic heterocycles. The molecule has 0 saturated heterocycles. The van der Waals surface area contributed by atoms with Crippen molar-refractivity contribution in [3.05, 3.63) is 23.7 Å². The number of furan rings is 1. The van der Waals surface area contributed by atoms with Crippen LogP contribution in [0.25, 0.3) is 0 Å². The maximum absolute atomic E-state index is 12.2. The predicted molar refractivity (Wildman–Crippen MR) is 77.1 cm³/mol. The van der Waals surface area contributed by atoms with E-state index in [1.54, 1.807) is 12.1 Å². The molecule has 3 atom stereocenters. The summed E-state index contributed by atoms with van der Waals surface area (Å²) in [5.41, 5.74) is 5.48. The third-order valence-corrected chi connectivity index (χ3v) is 4.28. The highest BCUT2D eigenvalue weighted by Gasteiger charge is 2.34. The first-order valence-corrected chi connectivity index (χ1v) is 7.51. The number of rotatable bonds is 4. The molecule has 0 radical (unpaired) electrons. The largest absolute Gasteiger partial charge is 0.456 e. The van der Waals surface area contributed by atoms with E-state index in [0.717, 1.165) is 12.8 Å². The van der Waals surface area contributed by atoms with E-state index < -0.39 is 0 Å². The van der Waals surface area contributed by atoms with Crippen molar-refractivity contribution < 1.29 is 13.9 Å². The van der Waals surface area contributed by atoms with Gasteiger partial charge in [0.05, 0.1) is 6.54 Å². The Morgan fingerprint density at radius 1 is 1.45 bits per heavy atom. The quantitative estimate of drug-likeness (QED) is 0.858. The molecule has 0 aromatic carbocycles. The zero-order chi connectivity index (χ0) is 14.7. The first kappa shape index (κ1) is 15.1. The first-order valence-electron chi connectivity index (χ1n) is 7.51. The molecule has 2 N–H and O–H groups in total. The van der Waals surface area contributed by atoms with Crippen molar-refractivity contribution in [2.24, 2.45) is 23.5 Å². The fourth-order valence-corrected chi connectivity index (χ4v) is 3.04. The van der Waals surface area contributed by atoms with E-state index in [1.165, 1.54) is 6.42 Å². The molecule has 1 fully saturated rings. The number of hydrogen-bond donors (Lipinski definition) is 1. The summed E-state index contributed by atoms with van der Waals surface area (Å²) in [6.45, 7) is 6.90. The topological polar surface area (TPSA) is 65.5 Å². The van der Waals surface area contributed by atoms with Gasteiger partial charge in [-0.1, -0.05) is 27.2 Å². The summed E-state index contributed by atoms with van der Waals surface area (Å²) in [6, 6.07) is 3.36. The van der Waals surface area contributed by atoms with Gasteiger partial charge >= 0.3 is 5.97 Å². The monoisotopic (exact) mass is 279 g/mol. The van der Waals surface area contributed by atoms with Crippen LogP contribution in [0.4, 0.5) is 0 Å². The molecule has 4 heteroatoms. The Bertz CT molecular complexity index is 452. The number of ether oxygens (including phenoxy) is 1. The summed E-state index contributed by atoms with van der Waals surface area (Å²) in [5.74, 6) is 2.07. The molecule has 0 bridgehead atoms. The number of esters is 1. The van der Waals surface area contributed by atoms with Gasteiger partial charge in [0.25, 0.3) is 0 Å². The van der Waals surface area contributed by atoms with Crippen molar-refractivity contribution in [1.29, 1.82) is 0 Å². The maximum atomic E-state index is 12.2. The highest BCUT2D eigenvalue weighted by Crippen LogP contribution is 2.35. The Balaban J connectivity index is 2.03. The Morgan fingerprint density at radius 2 is 2.20 bits per heavy atom. The molecular formula is C16H25NO3. The van der Waals surface area contributed by atoms with Gasteiger partial charge < -0.3 is 14.9 Å². The van der Waals surface area contributed by atoms with E-state index in [1.807, 2.05) is 0 Å². The summed E-state index contributed by atoms with van der Waals surface area (Å²) >= 11 is 0. The van der Waals surface area contributed by atoms with E-state index in [0.29, 0.717) is 30.1 Å². The van der Waals surface area contributed by atoms with Gasteiger partial charge in [0, 0.05) is 0 Å². The molecule has 2 rings (SSSR count). The fraction of sp³-hybridized carbons (Fsp3) is 0.688. The summed E-state index contributed by atoms with van der Waals surface area (Å²) in [6.07, 6.45) is 3.29. The molecule has 0 amide bonds. The summed E-state index contributed by atoms with van der Waals surface area (Å²) in [4.78, 5) is 12.2. The van der Waals surface area contributed by atoms with Crippen LogP contribution in [0, 0.1) is 17.8 Å². The Labute approximate surface area is 120 Å². The van der Waals surface area contributed by atoms with E-state index in [4.69, 9.17) is 14.9 Å². The Hall–Kier alpha value is -1.29. The zero-order valence-electron chi connectivity index (χ0n) is 12.6. The molecule has 1 aliphatic carbocycles. The van der Waals surface area contributed by atoms with Crippen LogP contribution in [0.2, 0.25) is 0 Å². The summed E-state index contributed by atoms with van der Waals surface area (Å²) in [7, 11) is 0. The Kier molecular flexibility index (Phi) is 4.86. The molecule has 4 nitrogen and oxygen atoms in total. The van der Waals surface area contributed by atoms with Crippen LogP contribution >= 0.6 is 0 Å². The van der Waals surface area contributed by atoms with Crippen LogP contribution in [0.5, 0.6) is 0 Å². The number of nitrogens with two attached hydrogens (primary N) is 1. The second-order valence-electron chi connectivity index (χ2n) is 6.24. The van der Waals surface area contributed by atoms with Gasteiger partial charge in [-0.2, -0.15) is 0 Å². The molecule has 0 spiro atoms. The van der Waals surface area contributed by atoms with E-state index in [-0.39, 0.29) is 17.8 Å². The van der Waals surface area contributed by atoms with Gasteiger partial charge in [-0.25, -0.2) is 4.79 Å².